The molecule has 7 atom stereocenters. The Morgan fingerprint density at radius 3 is 2.62 bits per heavy atom. The van der Waals surface area contributed by atoms with Gasteiger partial charge in [-0.2, -0.15) is 0 Å². The van der Waals surface area contributed by atoms with Gasteiger partial charge in [-0.05, 0) is 38.2 Å². The van der Waals surface area contributed by atoms with Gasteiger partial charge in [-0.25, -0.2) is 0 Å². The summed E-state index contributed by atoms with van der Waals surface area (Å²) in [7, 11) is 0. The first-order chi connectivity index (χ1) is 17.8. The van der Waals surface area contributed by atoms with Gasteiger partial charge in [0.1, 0.15) is 11.6 Å². The number of hydrogen-bond donors (Lipinski definition) is 3. The van der Waals surface area contributed by atoms with Crippen molar-refractivity contribution in [2.45, 2.75) is 94.0 Å². The lowest BCUT2D eigenvalue weighted by atomic mass is 9.70. The van der Waals surface area contributed by atoms with E-state index in [1.54, 1.807) is 4.90 Å². The Bertz CT molecular complexity index is 962. The fraction of sp³-hybridized carbons (Fsp3) is 0.679. The van der Waals surface area contributed by atoms with E-state index in [4.69, 9.17) is 9.84 Å². The molecule has 4 rings (SSSR count). The van der Waals surface area contributed by atoms with E-state index in [2.05, 4.69) is 33.5 Å². The maximum atomic E-state index is 13.9. The SMILES string of the molecule is CCCC(C)NC(=O)C1N(CCCCCCO)C(=O)[C@@H]2[C@H](C(=O)NCc3ccccc3)[C@H]3OC12CC3Br. The largest absolute Gasteiger partial charge is 0.396 e. The third-order valence-corrected chi connectivity index (χ3v) is 8.91. The van der Waals surface area contributed by atoms with Gasteiger partial charge in [0.15, 0.2) is 0 Å². The number of carbonyl (C=O) groups is 3. The number of hydrogen-bond acceptors (Lipinski definition) is 5. The molecule has 1 aromatic carbocycles. The fourth-order valence-electron chi connectivity index (χ4n) is 6.45. The molecule has 0 aliphatic carbocycles. The third kappa shape index (κ3) is 5.59. The third-order valence-electron chi connectivity index (χ3n) is 8.07. The van der Waals surface area contributed by atoms with Crippen molar-refractivity contribution in [3.63, 3.8) is 0 Å². The van der Waals surface area contributed by atoms with Crippen LogP contribution in [0.25, 0.3) is 0 Å². The second-order valence-electron chi connectivity index (χ2n) is 10.7. The Hall–Kier alpha value is -1.97. The highest BCUT2D eigenvalue weighted by Gasteiger charge is 2.76. The molecule has 3 saturated heterocycles. The fourth-order valence-corrected chi connectivity index (χ4v) is 7.39. The van der Waals surface area contributed by atoms with Gasteiger partial charge >= 0.3 is 0 Å². The summed E-state index contributed by atoms with van der Waals surface area (Å²) in [6.07, 6.45) is 5.02. The van der Waals surface area contributed by atoms with Crippen molar-refractivity contribution >= 4 is 33.7 Å². The Balaban J connectivity index is 1.57. The zero-order chi connectivity index (χ0) is 26.6. The van der Waals surface area contributed by atoms with E-state index in [-0.39, 0.29) is 35.2 Å². The highest BCUT2D eigenvalue weighted by molar-refractivity contribution is 9.09. The molecule has 8 nitrogen and oxygen atoms in total. The lowest BCUT2D eigenvalue weighted by Gasteiger charge is -2.34. The van der Waals surface area contributed by atoms with Gasteiger partial charge in [-0.3, -0.25) is 14.4 Å². The predicted molar refractivity (Wildman–Crippen MR) is 144 cm³/mol. The first kappa shape index (κ1) is 28.0. The number of rotatable bonds is 13. The summed E-state index contributed by atoms with van der Waals surface area (Å²) in [5, 5.41) is 15.2. The van der Waals surface area contributed by atoms with Crippen LogP contribution < -0.4 is 10.6 Å². The Kier molecular flexibility index (Phi) is 9.29. The van der Waals surface area contributed by atoms with Gasteiger partial charge in [0.2, 0.25) is 17.7 Å². The predicted octanol–water partition coefficient (Wildman–Crippen LogP) is 2.91. The van der Waals surface area contributed by atoms with Crippen LogP contribution in [0.3, 0.4) is 0 Å². The number of aliphatic hydroxyl groups excluding tert-OH is 1. The van der Waals surface area contributed by atoms with Gasteiger partial charge in [-0.15, -0.1) is 0 Å². The second kappa shape index (κ2) is 12.3. The molecule has 0 radical (unpaired) electrons. The average molecular weight is 579 g/mol. The number of fused-ring (bicyclic) bond motifs is 1. The Morgan fingerprint density at radius 2 is 1.92 bits per heavy atom. The van der Waals surface area contributed by atoms with E-state index in [0.717, 1.165) is 44.1 Å². The highest BCUT2D eigenvalue weighted by Crippen LogP contribution is 2.60. The average Bonchev–Trinajstić information content (AvgIpc) is 3.46. The molecule has 3 fully saturated rings. The van der Waals surface area contributed by atoms with Crippen LogP contribution in [0.15, 0.2) is 30.3 Å². The van der Waals surface area contributed by atoms with Crippen molar-refractivity contribution in [1.82, 2.24) is 15.5 Å². The van der Waals surface area contributed by atoms with Crippen LogP contribution in [0.5, 0.6) is 0 Å². The summed E-state index contributed by atoms with van der Waals surface area (Å²) in [6.45, 7) is 5.01. The van der Waals surface area contributed by atoms with Crippen molar-refractivity contribution in [2.75, 3.05) is 13.2 Å². The topological polar surface area (TPSA) is 108 Å². The minimum Gasteiger partial charge on any atom is -0.396 e. The number of unbranched alkanes of at least 4 members (excludes halogenated alkanes) is 3. The summed E-state index contributed by atoms with van der Waals surface area (Å²) in [6, 6.07) is 8.89. The van der Waals surface area contributed by atoms with E-state index in [9.17, 15) is 14.4 Å². The van der Waals surface area contributed by atoms with Crippen molar-refractivity contribution < 1.29 is 24.2 Å². The molecule has 9 heteroatoms. The zero-order valence-corrected chi connectivity index (χ0v) is 23.4. The summed E-state index contributed by atoms with van der Waals surface area (Å²) >= 11 is 3.71. The summed E-state index contributed by atoms with van der Waals surface area (Å²) in [5.41, 5.74) is -0.0411. The maximum Gasteiger partial charge on any atom is 0.246 e. The highest BCUT2D eigenvalue weighted by atomic mass is 79.9. The van der Waals surface area contributed by atoms with Crippen LogP contribution >= 0.6 is 15.9 Å². The Morgan fingerprint density at radius 1 is 1.19 bits per heavy atom. The van der Waals surface area contributed by atoms with Crippen molar-refractivity contribution in [1.29, 1.82) is 0 Å². The van der Waals surface area contributed by atoms with Crippen LogP contribution in [0, 0.1) is 11.8 Å². The number of nitrogens with one attached hydrogen (secondary N) is 2. The standard InChI is InChI=1S/C28H40BrN3O5/c1-3-11-18(2)31-26(35)24-28-16-20(29)23(37-28)21(25(34)30-17-19-12-7-6-8-13-19)22(28)27(36)32(24)14-9-4-5-10-15-33/h6-8,12-13,18,20-24,33H,3-5,9-11,14-17H2,1-2H3,(H,30,34)(H,31,35)/t18?,20?,21-,22-,23-,24?,28?/m0/s1. The van der Waals surface area contributed by atoms with E-state index >= 15 is 0 Å². The quantitative estimate of drug-likeness (QED) is 0.247. The molecule has 37 heavy (non-hydrogen) atoms. The van der Waals surface area contributed by atoms with E-state index in [0.29, 0.717) is 19.5 Å². The first-order valence-electron chi connectivity index (χ1n) is 13.7. The summed E-state index contributed by atoms with van der Waals surface area (Å²) in [5.74, 6) is -1.90. The molecular weight excluding hydrogens is 538 g/mol. The van der Waals surface area contributed by atoms with Crippen LogP contribution in [-0.4, -0.2) is 69.5 Å². The van der Waals surface area contributed by atoms with E-state index in [1.807, 2.05) is 37.3 Å². The molecule has 3 N–H and O–H groups in total. The molecule has 4 unspecified atom stereocenters. The van der Waals surface area contributed by atoms with Crippen molar-refractivity contribution in [2.24, 2.45) is 11.8 Å². The molecule has 1 spiro atoms. The maximum absolute atomic E-state index is 13.9. The number of aliphatic hydroxyl groups is 1. The molecule has 2 bridgehead atoms. The van der Waals surface area contributed by atoms with Crippen LogP contribution in [0.4, 0.5) is 0 Å². The van der Waals surface area contributed by atoms with Gasteiger partial charge in [0.05, 0.1) is 17.9 Å². The molecule has 3 heterocycles. The number of likely N-dealkylation sites (tertiary alicyclic amines) is 1. The smallest absolute Gasteiger partial charge is 0.246 e. The number of halogens is 1. The number of nitrogens with zero attached hydrogens (tertiary/aromatic N) is 1. The number of carbonyl (C=O) groups excluding carboxylic acids is 3. The molecule has 3 amide bonds. The molecule has 0 aromatic heterocycles. The second-order valence-corrected chi connectivity index (χ2v) is 11.9. The normalized spacial score (nSPS) is 30.9. The van der Waals surface area contributed by atoms with E-state index in [1.165, 1.54) is 0 Å². The van der Waals surface area contributed by atoms with Crippen LogP contribution in [0.1, 0.15) is 64.4 Å². The summed E-state index contributed by atoms with van der Waals surface area (Å²) in [4.78, 5) is 42.7. The number of amides is 3. The lowest BCUT2D eigenvalue weighted by molar-refractivity contribution is -0.142. The number of alkyl halides is 1. The Labute approximate surface area is 228 Å². The van der Waals surface area contributed by atoms with Gasteiger partial charge in [0, 0.05) is 30.6 Å². The van der Waals surface area contributed by atoms with Gasteiger partial charge in [0.25, 0.3) is 0 Å². The first-order valence-corrected chi connectivity index (χ1v) is 14.6. The monoisotopic (exact) mass is 577 g/mol. The molecule has 1 aromatic rings. The summed E-state index contributed by atoms with van der Waals surface area (Å²) < 4.78 is 6.54. The van der Waals surface area contributed by atoms with Crippen LogP contribution in [-0.2, 0) is 25.7 Å². The molecule has 204 valence electrons. The minimum absolute atomic E-state index is 0.0159. The van der Waals surface area contributed by atoms with Gasteiger partial charge < -0.3 is 25.4 Å². The number of ether oxygens (including phenoxy) is 1. The lowest BCUT2D eigenvalue weighted by Crippen LogP contribution is -2.57. The van der Waals surface area contributed by atoms with Crippen molar-refractivity contribution in [3.8, 4) is 0 Å². The van der Waals surface area contributed by atoms with Gasteiger partial charge in [-0.1, -0.05) is 72.4 Å². The molecule has 3 aliphatic rings. The zero-order valence-electron chi connectivity index (χ0n) is 21.8. The molecule has 3 aliphatic heterocycles. The van der Waals surface area contributed by atoms with E-state index < -0.39 is 29.6 Å². The molecular formula is C28H40BrN3O5. The van der Waals surface area contributed by atoms with Crippen LogP contribution in [0.2, 0.25) is 0 Å². The minimum atomic E-state index is -1.02. The molecule has 0 saturated carbocycles. The van der Waals surface area contributed by atoms with Crippen molar-refractivity contribution in [3.05, 3.63) is 35.9 Å². The number of benzene rings is 1.